The highest BCUT2D eigenvalue weighted by Crippen LogP contribution is 2.32. The molecule has 7 heteroatoms. The van der Waals surface area contributed by atoms with E-state index in [0.717, 1.165) is 5.31 Å². The standard InChI is InChI=1S/C9H8BrN3O3/c1-4-11-7-3-8(13(15)16)6(10)2-5(7)9(14)12-4/h2-4,11H,1H3,(H,12,14)/i/hD. The molecule has 0 aliphatic carbocycles. The zero-order valence-corrected chi connectivity index (χ0v) is 9.82. The first-order valence-corrected chi connectivity index (χ1v) is 5.28. The minimum Gasteiger partial charge on any atom is -0.365 e. The van der Waals surface area contributed by atoms with Gasteiger partial charge in [-0.2, -0.15) is 0 Å². The van der Waals surface area contributed by atoms with E-state index in [0.29, 0.717) is 0 Å². The molecule has 0 saturated heterocycles. The van der Waals surface area contributed by atoms with Gasteiger partial charge in [0.25, 0.3) is 11.6 Å². The molecule has 0 saturated carbocycles. The number of hydrogen-bond donors (Lipinski definition) is 2. The highest BCUT2D eigenvalue weighted by atomic mass is 79.9. The lowest BCUT2D eigenvalue weighted by Gasteiger charge is -2.24. The molecule has 1 aromatic rings. The van der Waals surface area contributed by atoms with Gasteiger partial charge in [0.05, 0.1) is 26.8 Å². The summed E-state index contributed by atoms with van der Waals surface area (Å²) in [7, 11) is 0. The van der Waals surface area contributed by atoms with Crippen LogP contribution in [0.1, 0.15) is 17.3 Å². The van der Waals surface area contributed by atoms with E-state index in [4.69, 9.17) is 1.41 Å². The van der Waals surface area contributed by atoms with Crippen LogP contribution >= 0.6 is 15.9 Å². The number of rotatable bonds is 1. The summed E-state index contributed by atoms with van der Waals surface area (Å²) in [6.07, 6.45) is -0.518. The molecule has 0 aromatic heterocycles. The van der Waals surface area contributed by atoms with Gasteiger partial charge < -0.3 is 10.6 Å². The van der Waals surface area contributed by atoms with Crippen molar-refractivity contribution in [2.75, 3.05) is 5.31 Å². The van der Waals surface area contributed by atoms with Crippen molar-refractivity contribution in [3.63, 3.8) is 0 Å². The monoisotopic (exact) mass is 286 g/mol. The van der Waals surface area contributed by atoms with Crippen molar-refractivity contribution >= 4 is 33.2 Å². The number of halogens is 1. The number of amides is 1. The Hall–Kier alpha value is -1.63. The topological polar surface area (TPSA) is 84.3 Å². The lowest BCUT2D eigenvalue weighted by atomic mass is 10.1. The van der Waals surface area contributed by atoms with Gasteiger partial charge in [0.1, 0.15) is 0 Å². The predicted octanol–water partition coefficient (Wildman–Crippen LogP) is 1.86. The summed E-state index contributed by atoms with van der Waals surface area (Å²) < 4.78 is 7.96. The summed E-state index contributed by atoms with van der Waals surface area (Å²) in [5.74, 6) is -0.341. The molecule has 6 nitrogen and oxygen atoms in total. The molecule has 1 aromatic carbocycles. The van der Waals surface area contributed by atoms with Gasteiger partial charge in [-0.3, -0.25) is 14.9 Å². The smallest absolute Gasteiger partial charge is 0.285 e. The van der Waals surface area contributed by atoms with Crippen molar-refractivity contribution in [3.05, 3.63) is 32.3 Å². The molecule has 1 aliphatic rings. The Morgan fingerprint density at radius 3 is 2.94 bits per heavy atom. The van der Waals surface area contributed by atoms with Gasteiger partial charge in [-0.15, -0.1) is 0 Å². The molecule has 2 N–H and O–H groups in total. The summed E-state index contributed by atoms with van der Waals surface area (Å²) in [6, 6.07) is 2.58. The number of carbonyl (C=O) groups is 1. The number of nitrogens with zero attached hydrogens (tertiary/aromatic N) is 1. The second-order valence-electron chi connectivity index (χ2n) is 3.36. The Balaban J connectivity index is 2.64. The van der Waals surface area contributed by atoms with E-state index in [-0.39, 0.29) is 27.3 Å². The summed E-state index contributed by atoms with van der Waals surface area (Å²) in [5, 5.41) is 14.4. The molecule has 1 unspecified atom stereocenters. The zero-order valence-electron chi connectivity index (χ0n) is 9.23. The predicted molar refractivity (Wildman–Crippen MR) is 61.3 cm³/mol. The van der Waals surface area contributed by atoms with Gasteiger partial charge in [-0.1, -0.05) is 0 Å². The molecule has 1 aliphatic heterocycles. The Bertz CT molecular complexity index is 522. The van der Waals surface area contributed by atoms with Crippen molar-refractivity contribution in [3.8, 4) is 0 Å². The maximum atomic E-state index is 11.7. The fourth-order valence-corrected chi connectivity index (χ4v) is 1.98. The largest absolute Gasteiger partial charge is 0.365 e. The number of nitro groups is 1. The van der Waals surface area contributed by atoms with Crippen molar-refractivity contribution in [1.29, 1.82) is 0 Å². The van der Waals surface area contributed by atoms with E-state index >= 15 is 0 Å². The molecule has 0 spiro atoms. The lowest BCUT2D eigenvalue weighted by molar-refractivity contribution is -0.385. The summed E-state index contributed by atoms with van der Waals surface area (Å²) in [4.78, 5) is 21.9. The molecule has 1 atom stereocenters. The maximum absolute atomic E-state index is 11.7. The first-order valence-electron chi connectivity index (χ1n) is 4.93. The number of nitro benzene ring substituents is 1. The van der Waals surface area contributed by atoms with Crippen LogP contribution in [0.25, 0.3) is 0 Å². The van der Waals surface area contributed by atoms with Gasteiger partial charge in [0.2, 0.25) is 0 Å². The van der Waals surface area contributed by atoms with E-state index in [2.05, 4.69) is 21.2 Å². The normalized spacial score (nSPS) is 19.9. The molecule has 84 valence electrons. The van der Waals surface area contributed by atoms with Crippen molar-refractivity contribution in [1.82, 2.24) is 5.32 Å². The third-order valence-corrected chi connectivity index (χ3v) is 2.81. The van der Waals surface area contributed by atoms with E-state index in [1.807, 2.05) is 0 Å². The molecule has 2 rings (SSSR count). The molecule has 1 amide bonds. The average molecular weight is 287 g/mol. The Kier molecular flexibility index (Phi) is 2.24. The van der Waals surface area contributed by atoms with Crippen LogP contribution in [0.2, 0.25) is 1.41 Å². The van der Waals surface area contributed by atoms with Crippen LogP contribution in [0.4, 0.5) is 11.4 Å². The second-order valence-corrected chi connectivity index (χ2v) is 4.21. The number of nitrogens with one attached hydrogen (secondary N) is 2. The van der Waals surface area contributed by atoms with E-state index in [1.165, 1.54) is 12.1 Å². The van der Waals surface area contributed by atoms with Crippen molar-refractivity contribution < 1.29 is 11.1 Å². The average Bonchev–Trinajstić information content (AvgIpc) is 2.25. The molecule has 0 bridgehead atoms. The molecule has 0 fully saturated rings. The van der Waals surface area contributed by atoms with Gasteiger partial charge in [0, 0.05) is 6.07 Å². The minimum absolute atomic E-state index is 0.164. The first-order chi connectivity index (χ1) is 7.91. The minimum atomic E-state index is -0.560. The summed E-state index contributed by atoms with van der Waals surface area (Å²) in [6.45, 7) is 1.63. The third-order valence-electron chi connectivity index (χ3n) is 2.18. The van der Waals surface area contributed by atoms with Crippen LogP contribution in [0.5, 0.6) is 0 Å². The SMILES string of the molecule is [2H]N1c2cc([N+](=O)[O-])c(Br)cc2C(=O)NC1C. The summed E-state index contributed by atoms with van der Waals surface area (Å²) >= 11 is 3.04. The Morgan fingerprint density at radius 1 is 1.62 bits per heavy atom. The van der Waals surface area contributed by atoms with Crippen LogP contribution in [-0.4, -0.2) is 17.0 Å². The van der Waals surface area contributed by atoms with E-state index in [9.17, 15) is 14.9 Å². The van der Waals surface area contributed by atoms with Crippen LogP contribution in [-0.2, 0) is 0 Å². The van der Waals surface area contributed by atoms with Crippen molar-refractivity contribution in [2.45, 2.75) is 13.1 Å². The number of carbonyl (C=O) groups excluding carboxylic acids is 1. The van der Waals surface area contributed by atoms with Gasteiger partial charge in [0.15, 0.2) is 1.41 Å². The second kappa shape index (κ2) is 3.75. The number of hydrogen-bond acceptors (Lipinski definition) is 4. The Morgan fingerprint density at radius 2 is 2.31 bits per heavy atom. The van der Waals surface area contributed by atoms with Crippen LogP contribution in [0, 0.1) is 10.1 Å². The molecular weight excluding hydrogens is 278 g/mol. The molecule has 0 radical (unpaired) electrons. The fraction of sp³-hybridized carbons (Fsp3) is 0.222. The summed E-state index contributed by atoms with van der Waals surface area (Å²) in [5.41, 5.74) is 0.314. The van der Waals surface area contributed by atoms with Gasteiger partial charge in [-0.25, -0.2) is 0 Å². The third kappa shape index (κ3) is 1.73. The zero-order chi connectivity index (χ0) is 12.7. The lowest BCUT2D eigenvalue weighted by Crippen LogP contribution is -2.42. The van der Waals surface area contributed by atoms with E-state index in [1.54, 1.807) is 6.92 Å². The highest BCUT2D eigenvalue weighted by molar-refractivity contribution is 9.10. The first kappa shape index (κ1) is 9.59. The van der Waals surface area contributed by atoms with Crippen LogP contribution in [0.3, 0.4) is 0 Å². The number of benzene rings is 1. The number of fused-ring (bicyclic) bond motifs is 1. The number of anilines is 1. The van der Waals surface area contributed by atoms with Crippen LogP contribution < -0.4 is 10.6 Å². The highest BCUT2D eigenvalue weighted by Gasteiger charge is 2.25. The maximum Gasteiger partial charge on any atom is 0.285 e. The Labute approximate surface area is 101 Å². The molecule has 16 heavy (non-hydrogen) atoms. The van der Waals surface area contributed by atoms with Gasteiger partial charge >= 0.3 is 0 Å². The fourth-order valence-electron chi connectivity index (χ4n) is 1.49. The quantitative estimate of drug-likeness (QED) is 0.610. The van der Waals surface area contributed by atoms with E-state index < -0.39 is 11.1 Å². The van der Waals surface area contributed by atoms with Crippen LogP contribution in [0.15, 0.2) is 16.6 Å². The molecule has 1 heterocycles. The van der Waals surface area contributed by atoms with Gasteiger partial charge in [-0.05, 0) is 28.9 Å². The van der Waals surface area contributed by atoms with Crippen molar-refractivity contribution in [2.24, 2.45) is 0 Å². The molecular formula is C9H8BrN3O3.